The molecule has 0 spiro atoms. The lowest BCUT2D eigenvalue weighted by molar-refractivity contribution is 0.199. The fourth-order valence-electron chi connectivity index (χ4n) is 3.34. The van der Waals surface area contributed by atoms with Gasteiger partial charge < -0.3 is 14.2 Å². The SMILES string of the molecule is COc1c[nH]c(CN2CCC[C@H]2c2nc(-c3ccccc3)no2)cc1=O. The van der Waals surface area contributed by atoms with Crippen LogP contribution in [0.5, 0.6) is 5.75 Å². The van der Waals surface area contributed by atoms with Gasteiger partial charge in [-0.3, -0.25) is 9.69 Å². The maximum Gasteiger partial charge on any atom is 0.244 e. The third kappa shape index (κ3) is 3.25. The standard InChI is InChI=1S/C19H20N4O3/c1-25-17-11-20-14(10-16(17)24)12-23-9-5-8-15(23)19-21-18(22-26-19)13-6-3-2-4-7-13/h2-4,6-7,10-11,15H,5,8-9,12H2,1H3,(H,20,24)/t15-/m0/s1. The quantitative estimate of drug-likeness (QED) is 0.760. The first-order chi connectivity index (χ1) is 12.7. The molecule has 3 heterocycles. The first-order valence-electron chi connectivity index (χ1n) is 8.63. The van der Waals surface area contributed by atoms with E-state index in [2.05, 4.69) is 20.0 Å². The van der Waals surface area contributed by atoms with Gasteiger partial charge in [0.05, 0.1) is 13.2 Å². The van der Waals surface area contributed by atoms with Crippen molar-refractivity contribution >= 4 is 0 Å². The molecule has 0 saturated carbocycles. The van der Waals surface area contributed by atoms with Crippen LogP contribution in [0.15, 0.2) is 51.9 Å². The van der Waals surface area contributed by atoms with Gasteiger partial charge in [-0.1, -0.05) is 35.5 Å². The Morgan fingerprint density at radius 3 is 2.96 bits per heavy atom. The highest BCUT2D eigenvalue weighted by atomic mass is 16.5. The van der Waals surface area contributed by atoms with Crippen LogP contribution in [-0.4, -0.2) is 33.7 Å². The molecule has 1 saturated heterocycles. The number of aromatic amines is 1. The van der Waals surface area contributed by atoms with Crippen LogP contribution in [0, 0.1) is 0 Å². The number of hydrogen-bond donors (Lipinski definition) is 1. The molecule has 0 unspecified atom stereocenters. The number of nitrogens with zero attached hydrogens (tertiary/aromatic N) is 3. The van der Waals surface area contributed by atoms with E-state index in [1.807, 2.05) is 30.3 Å². The summed E-state index contributed by atoms with van der Waals surface area (Å²) in [5.74, 6) is 1.54. The van der Waals surface area contributed by atoms with Gasteiger partial charge in [0.25, 0.3) is 0 Å². The summed E-state index contributed by atoms with van der Waals surface area (Å²) < 4.78 is 10.6. The average Bonchev–Trinajstić information content (AvgIpc) is 3.32. The van der Waals surface area contributed by atoms with E-state index in [1.54, 1.807) is 12.3 Å². The Labute approximate surface area is 150 Å². The van der Waals surface area contributed by atoms with E-state index < -0.39 is 0 Å². The van der Waals surface area contributed by atoms with Crippen LogP contribution >= 0.6 is 0 Å². The van der Waals surface area contributed by atoms with Crippen molar-refractivity contribution in [3.05, 3.63) is 64.4 Å². The van der Waals surface area contributed by atoms with Crippen molar-refractivity contribution in [2.24, 2.45) is 0 Å². The fraction of sp³-hybridized carbons (Fsp3) is 0.316. The van der Waals surface area contributed by atoms with Crippen molar-refractivity contribution in [1.82, 2.24) is 20.0 Å². The molecule has 0 aliphatic carbocycles. The number of likely N-dealkylation sites (tertiary alicyclic amines) is 1. The van der Waals surface area contributed by atoms with Gasteiger partial charge in [-0.05, 0) is 19.4 Å². The molecule has 1 aliphatic heterocycles. The number of methoxy groups -OCH3 is 1. The maximum atomic E-state index is 12.0. The molecule has 2 aromatic heterocycles. The zero-order valence-corrected chi connectivity index (χ0v) is 14.5. The number of pyridine rings is 1. The molecule has 134 valence electrons. The second-order valence-electron chi connectivity index (χ2n) is 6.34. The molecule has 1 N–H and O–H groups in total. The fourth-order valence-corrected chi connectivity index (χ4v) is 3.34. The molecular weight excluding hydrogens is 332 g/mol. The van der Waals surface area contributed by atoms with E-state index >= 15 is 0 Å². The van der Waals surface area contributed by atoms with Gasteiger partial charge in [-0.25, -0.2) is 0 Å². The second-order valence-corrected chi connectivity index (χ2v) is 6.34. The average molecular weight is 352 g/mol. The molecule has 1 aliphatic rings. The highest BCUT2D eigenvalue weighted by Crippen LogP contribution is 2.32. The summed E-state index contributed by atoms with van der Waals surface area (Å²) in [4.78, 5) is 21.9. The molecule has 0 radical (unpaired) electrons. The van der Waals surface area contributed by atoms with E-state index in [-0.39, 0.29) is 11.5 Å². The lowest BCUT2D eigenvalue weighted by Crippen LogP contribution is -2.24. The molecule has 7 nitrogen and oxygen atoms in total. The van der Waals surface area contributed by atoms with Crippen molar-refractivity contribution in [3.8, 4) is 17.1 Å². The number of nitrogens with one attached hydrogen (secondary N) is 1. The summed E-state index contributed by atoms with van der Waals surface area (Å²) >= 11 is 0. The minimum Gasteiger partial charge on any atom is -0.491 e. The van der Waals surface area contributed by atoms with Crippen LogP contribution in [0.2, 0.25) is 0 Å². The van der Waals surface area contributed by atoms with Gasteiger partial charge in [0.15, 0.2) is 5.75 Å². The second kappa shape index (κ2) is 7.13. The Hall–Kier alpha value is -2.93. The van der Waals surface area contributed by atoms with Crippen molar-refractivity contribution in [2.75, 3.05) is 13.7 Å². The number of aromatic nitrogens is 3. The first kappa shape index (κ1) is 16.5. The van der Waals surface area contributed by atoms with Crippen LogP contribution in [0.3, 0.4) is 0 Å². The topological polar surface area (TPSA) is 84.2 Å². The maximum absolute atomic E-state index is 12.0. The minimum absolute atomic E-state index is 0.0607. The normalized spacial score (nSPS) is 17.5. The lowest BCUT2D eigenvalue weighted by Gasteiger charge is -2.21. The molecule has 1 aromatic carbocycles. The molecule has 0 amide bonds. The monoisotopic (exact) mass is 352 g/mol. The smallest absolute Gasteiger partial charge is 0.244 e. The van der Waals surface area contributed by atoms with E-state index in [1.165, 1.54) is 7.11 Å². The van der Waals surface area contributed by atoms with Crippen molar-refractivity contribution < 1.29 is 9.26 Å². The summed E-state index contributed by atoms with van der Waals surface area (Å²) in [6.45, 7) is 1.54. The molecule has 26 heavy (non-hydrogen) atoms. The van der Waals surface area contributed by atoms with Crippen LogP contribution in [0.1, 0.15) is 30.5 Å². The number of benzene rings is 1. The first-order valence-corrected chi connectivity index (χ1v) is 8.63. The molecule has 0 bridgehead atoms. The summed E-state index contributed by atoms with van der Waals surface area (Å²) in [5, 5.41) is 4.12. The molecule has 4 rings (SSSR count). The summed E-state index contributed by atoms with van der Waals surface area (Å²) in [6.07, 6.45) is 3.61. The minimum atomic E-state index is -0.124. The third-order valence-electron chi connectivity index (χ3n) is 4.65. The van der Waals surface area contributed by atoms with Gasteiger partial charge in [0.2, 0.25) is 17.1 Å². The molecule has 1 fully saturated rings. The van der Waals surface area contributed by atoms with Gasteiger partial charge >= 0.3 is 0 Å². The molecule has 1 atom stereocenters. The Balaban J connectivity index is 1.53. The van der Waals surface area contributed by atoms with Gasteiger partial charge in [-0.2, -0.15) is 4.98 Å². The van der Waals surface area contributed by atoms with Crippen molar-refractivity contribution in [1.29, 1.82) is 0 Å². The van der Waals surface area contributed by atoms with E-state index in [0.29, 0.717) is 24.0 Å². The van der Waals surface area contributed by atoms with E-state index in [9.17, 15) is 4.79 Å². The van der Waals surface area contributed by atoms with Gasteiger partial charge in [0.1, 0.15) is 0 Å². The van der Waals surface area contributed by atoms with E-state index in [4.69, 9.17) is 9.26 Å². The molecule has 3 aromatic rings. The number of ether oxygens (including phenoxy) is 1. The molecule has 7 heteroatoms. The summed E-state index contributed by atoms with van der Waals surface area (Å²) in [5.41, 5.74) is 1.65. The molecular formula is C19H20N4O3. The Kier molecular flexibility index (Phi) is 4.53. The highest BCUT2D eigenvalue weighted by molar-refractivity contribution is 5.53. The number of hydrogen-bond acceptors (Lipinski definition) is 6. The highest BCUT2D eigenvalue weighted by Gasteiger charge is 2.31. The summed E-state index contributed by atoms with van der Waals surface area (Å²) in [6, 6.07) is 11.4. The van der Waals surface area contributed by atoms with Crippen molar-refractivity contribution in [2.45, 2.75) is 25.4 Å². The van der Waals surface area contributed by atoms with Crippen LogP contribution in [0.25, 0.3) is 11.4 Å². The third-order valence-corrected chi connectivity index (χ3v) is 4.65. The Morgan fingerprint density at radius 2 is 2.19 bits per heavy atom. The van der Waals surface area contributed by atoms with Crippen molar-refractivity contribution in [3.63, 3.8) is 0 Å². The largest absolute Gasteiger partial charge is 0.491 e. The summed E-state index contributed by atoms with van der Waals surface area (Å²) in [7, 11) is 1.49. The Bertz CT molecular complexity index is 935. The zero-order chi connectivity index (χ0) is 17.9. The Morgan fingerprint density at radius 1 is 1.35 bits per heavy atom. The predicted octanol–water partition coefficient (Wildman–Crippen LogP) is 2.77. The van der Waals surface area contributed by atoms with Crippen LogP contribution < -0.4 is 10.2 Å². The van der Waals surface area contributed by atoms with Crippen LogP contribution in [-0.2, 0) is 6.54 Å². The lowest BCUT2D eigenvalue weighted by atomic mass is 10.2. The number of H-pyrrole nitrogens is 1. The van der Waals surface area contributed by atoms with Gasteiger partial charge in [0, 0.05) is 30.1 Å². The van der Waals surface area contributed by atoms with E-state index in [0.717, 1.165) is 30.6 Å². The number of rotatable bonds is 5. The predicted molar refractivity (Wildman–Crippen MR) is 95.7 cm³/mol. The van der Waals surface area contributed by atoms with Gasteiger partial charge in [-0.15, -0.1) is 0 Å². The zero-order valence-electron chi connectivity index (χ0n) is 14.5. The van der Waals surface area contributed by atoms with Crippen LogP contribution in [0.4, 0.5) is 0 Å².